The molecule has 0 atom stereocenters. The minimum Gasteiger partial charge on any atom is -0.311 e. The molecule has 0 saturated heterocycles. The van der Waals surface area contributed by atoms with Crippen LogP contribution in [0.25, 0.3) is 0 Å². The zero-order chi connectivity index (χ0) is 14.1. The normalized spacial score (nSPS) is 12.8. The van der Waals surface area contributed by atoms with E-state index in [9.17, 15) is 10.1 Å². The summed E-state index contributed by atoms with van der Waals surface area (Å²) >= 11 is 7.10. The molecular formula is C13H9ClN4OS. The Morgan fingerprint density at radius 2 is 2.25 bits per heavy atom. The molecule has 0 aliphatic heterocycles. The van der Waals surface area contributed by atoms with Crippen molar-refractivity contribution in [1.82, 2.24) is 9.97 Å². The zero-order valence-corrected chi connectivity index (χ0v) is 11.9. The molecule has 1 amide bonds. The van der Waals surface area contributed by atoms with Crippen LogP contribution in [0.1, 0.15) is 32.9 Å². The topological polar surface area (TPSA) is 78.7 Å². The molecule has 100 valence electrons. The summed E-state index contributed by atoms with van der Waals surface area (Å²) in [5.41, 5.74) is 1.83. The molecule has 0 bridgehead atoms. The summed E-state index contributed by atoms with van der Waals surface area (Å²) in [6.07, 6.45) is 5.59. The highest BCUT2D eigenvalue weighted by Crippen LogP contribution is 2.38. The predicted octanol–water partition coefficient (Wildman–Crippen LogP) is 2.80. The van der Waals surface area contributed by atoms with E-state index >= 15 is 0 Å². The number of aromatic nitrogens is 2. The second-order valence-electron chi connectivity index (χ2n) is 4.35. The maximum absolute atomic E-state index is 12.1. The third kappa shape index (κ3) is 2.26. The fraction of sp³-hybridized carbons (Fsp3) is 0.231. The highest BCUT2D eigenvalue weighted by molar-refractivity contribution is 7.16. The van der Waals surface area contributed by atoms with Gasteiger partial charge in [0, 0.05) is 4.88 Å². The maximum Gasteiger partial charge on any atom is 0.276 e. The first-order chi connectivity index (χ1) is 9.69. The zero-order valence-electron chi connectivity index (χ0n) is 10.3. The predicted molar refractivity (Wildman–Crippen MR) is 76.1 cm³/mol. The van der Waals surface area contributed by atoms with Gasteiger partial charge in [0.05, 0.1) is 18.0 Å². The number of rotatable bonds is 2. The molecule has 3 rings (SSSR count). The van der Waals surface area contributed by atoms with Crippen molar-refractivity contribution in [3.8, 4) is 6.07 Å². The lowest BCUT2D eigenvalue weighted by Gasteiger charge is -2.03. The SMILES string of the molecule is N#Cc1c(NC(=O)c2cnc(Cl)cn2)sc2c1CCC2. The molecule has 0 fully saturated rings. The molecule has 7 heteroatoms. The number of anilines is 1. The molecule has 0 spiro atoms. The second kappa shape index (κ2) is 5.19. The molecule has 5 nitrogen and oxygen atoms in total. The van der Waals surface area contributed by atoms with Gasteiger partial charge < -0.3 is 5.32 Å². The fourth-order valence-corrected chi connectivity index (χ4v) is 3.54. The first kappa shape index (κ1) is 13.0. The van der Waals surface area contributed by atoms with Crippen LogP contribution < -0.4 is 5.32 Å². The summed E-state index contributed by atoms with van der Waals surface area (Å²) in [6, 6.07) is 2.18. The van der Waals surface area contributed by atoms with Gasteiger partial charge >= 0.3 is 0 Å². The summed E-state index contributed by atoms with van der Waals surface area (Å²) in [7, 11) is 0. The van der Waals surface area contributed by atoms with Crippen LogP contribution in [0.4, 0.5) is 5.00 Å². The maximum atomic E-state index is 12.1. The van der Waals surface area contributed by atoms with Gasteiger partial charge in [0.1, 0.15) is 21.9 Å². The van der Waals surface area contributed by atoms with Gasteiger partial charge in [0.15, 0.2) is 0 Å². The van der Waals surface area contributed by atoms with E-state index in [-0.39, 0.29) is 16.8 Å². The second-order valence-corrected chi connectivity index (χ2v) is 5.84. The standard InChI is InChI=1S/C13H9ClN4OS/c14-11-6-16-9(5-17-11)12(19)18-13-8(4-15)7-2-1-3-10(7)20-13/h5-6H,1-3H2,(H,18,19). The number of hydrogen-bond donors (Lipinski definition) is 1. The minimum absolute atomic E-state index is 0.173. The van der Waals surface area contributed by atoms with Crippen molar-refractivity contribution in [1.29, 1.82) is 5.26 Å². The Hall–Kier alpha value is -1.97. The average Bonchev–Trinajstić information content (AvgIpc) is 2.99. The molecule has 0 unspecified atom stereocenters. The lowest BCUT2D eigenvalue weighted by atomic mass is 10.1. The molecule has 2 aromatic rings. The van der Waals surface area contributed by atoms with E-state index < -0.39 is 0 Å². The van der Waals surface area contributed by atoms with Gasteiger partial charge in [-0.15, -0.1) is 11.3 Å². The summed E-state index contributed by atoms with van der Waals surface area (Å²) in [5.74, 6) is -0.384. The molecule has 2 heterocycles. The van der Waals surface area contributed by atoms with Gasteiger partial charge in [0.2, 0.25) is 0 Å². The molecule has 0 aromatic carbocycles. The number of hydrogen-bond acceptors (Lipinski definition) is 5. The Labute approximate surface area is 124 Å². The van der Waals surface area contributed by atoms with Crippen molar-refractivity contribution < 1.29 is 4.79 Å². The summed E-state index contributed by atoms with van der Waals surface area (Å²) in [5, 5.41) is 12.8. The number of carbonyl (C=O) groups excluding carboxylic acids is 1. The van der Waals surface area contributed by atoms with Crippen LogP contribution in [-0.4, -0.2) is 15.9 Å². The molecule has 1 aliphatic carbocycles. The number of carbonyl (C=O) groups is 1. The smallest absolute Gasteiger partial charge is 0.276 e. The number of aryl methyl sites for hydroxylation is 1. The fourth-order valence-electron chi connectivity index (χ4n) is 2.21. The first-order valence-electron chi connectivity index (χ1n) is 6.02. The van der Waals surface area contributed by atoms with Crippen LogP contribution in [-0.2, 0) is 12.8 Å². The third-order valence-electron chi connectivity index (χ3n) is 3.11. The van der Waals surface area contributed by atoms with Crippen LogP contribution in [0.5, 0.6) is 0 Å². The van der Waals surface area contributed by atoms with E-state index in [4.69, 9.17) is 11.6 Å². The van der Waals surface area contributed by atoms with Crippen molar-refractivity contribution >= 4 is 33.8 Å². The number of nitrogens with one attached hydrogen (secondary N) is 1. The van der Waals surface area contributed by atoms with Crippen LogP contribution in [0, 0.1) is 11.3 Å². The molecule has 2 aromatic heterocycles. The number of thiophene rings is 1. The number of amides is 1. The van der Waals surface area contributed by atoms with Gasteiger partial charge in [0.25, 0.3) is 5.91 Å². The van der Waals surface area contributed by atoms with E-state index in [1.54, 1.807) is 0 Å². The van der Waals surface area contributed by atoms with E-state index in [0.29, 0.717) is 10.6 Å². The van der Waals surface area contributed by atoms with E-state index in [1.165, 1.54) is 28.6 Å². The van der Waals surface area contributed by atoms with Crippen LogP contribution >= 0.6 is 22.9 Å². The number of halogens is 1. The highest BCUT2D eigenvalue weighted by atomic mass is 35.5. The molecule has 1 N–H and O–H groups in total. The molecular weight excluding hydrogens is 296 g/mol. The summed E-state index contributed by atoms with van der Waals surface area (Å²) < 4.78 is 0. The Morgan fingerprint density at radius 1 is 1.40 bits per heavy atom. The van der Waals surface area contributed by atoms with E-state index in [1.807, 2.05) is 0 Å². The Kier molecular flexibility index (Phi) is 3.38. The average molecular weight is 305 g/mol. The first-order valence-corrected chi connectivity index (χ1v) is 7.22. The molecule has 0 saturated carbocycles. The monoisotopic (exact) mass is 304 g/mol. The quantitative estimate of drug-likeness (QED) is 0.925. The number of fused-ring (bicyclic) bond motifs is 1. The summed E-state index contributed by atoms with van der Waals surface area (Å²) in [6.45, 7) is 0. The third-order valence-corrected chi connectivity index (χ3v) is 4.52. The van der Waals surface area contributed by atoms with Crippen molar-refractivity contribution in [3.05, 3.63) is 39.2 Å². The van der Waals surface area contributed by atoms with Gasteiger partial charge in [-0.05, 0) is 24.8 Å². The Balaban J connectivity index is 1.87. The van der Waals surface area contributed by atoms with E-state index in [0.717, 1.165) is 24.8 Å². The van der Waals surface area contributed by atoms with E-state index in [2.05, 4.69) is 21.4 Å². The van der Waals surface area contributed by atoms with Gasteiger partial charge in [-0.1, -0.05) is 11.6 Å². The van der Waals surface area contributed by atoms with Crippen molar-refractivity contribution in [3.63, 3.8) is 0 Å². The number of nitriles is 1. The summed E-state index contributed by atoms with van der Waals surface area (Å²) in [4.78, 5) is 21.0. The lowest BCUT2D eigenvalue weighted by Crippen LogP contribution is -2.13. The number of nitrogens with zero attached hydrogens (tertiary/aromatic N) is 3. The van der Waals surface area contributed by atoms with Gasteiger partial charge in [-0.2, -0.15) is 5.26 Å². The van der Waals surface area contributed by atoms with Crippen molar-refractivity contribution in [2.75, 3.05) is 5.32 Å². The van der Waals surface area contributed by atoms with Crippen LogP contribution in [0.15, 0.2) is 12.4 Å². The van der Waals surface area contributed by atoms with Crippen LogP contribution in [0.2, 0.25) is 5.15 Å². The Bertz CT molecular complexity index is 717. The Morgan fingerprint density at radius 3 is 2.95 bits per heavy atom. The highest BCUT2D eigenvalue weighted by Gasteiger charge is 2.23. The minimum atomic E-state index is -0.384. The van der Waals surface area contributed by atoms with Crippen LogP contribution in [0.3, 0.4) is 0 Å². The molecule has 20 heavy (non-hydrogen) atoms. The molecule has 0 radical (unpaired) electrons. The lowest BCUT2D eigenvalue weighted by molar-refractivity contribution is 0.102. The van der Waals surface area contributed by atoms with Gasteiger partial charge in [-0.3, -0.25) is 4.79 Å². The molecule has 1 aliphatic rings. The van der Waals surface area contributed by atoms with Crippen molar-refractivity contribution in [2.24, 2.45) is 0 Å². The largest absolute Gasteiger partial charge is 0.311 e. The van der Waals surface area contributed by atoms with Crippen molar-refractivity contribution in [2.45, 2.75) is 19.3 Å². The van der Waals surface area contributed by atoms with Gasteiger partial charge in [-0.25, -0.2) is 9.97 Å².